The van der Waals surface area contributed by atoms with E-state index in [9.17, 15) is 18.9 Å². The van der Waals surface area contributed by atoms with E-state index in [1.54, 1.807) is 24.3 Å². The summed E-state index contributed by atoms with van der Waals surface area (Å²) < 4.78 is 12.2. The van der Waals surface area contributed by atoms with Gasteiger partial charge in [0.05, 0.1) is 10.8 Å². The summed E-state index contributed by atoms with van der Waals surface area (Å²) in [7, 11) is -1.25. The molecule has 2 rings (SSSR count). The van der Waals surface area contributed by atoms with Crippen molar-refractivity contribution in [3.63, 3.8) is 0 Å². The molecule has 0 bridgehead atoms. The van der Waals surface area contributed by atoms with Crippen LogP contribution in [0.1, 0.15) is 38.5 Å². The molecule has 1 amide bonds. The zero-order valence-corrected chi connectivity index (χ0v) is 13.9. The van der Waals surface area contributed by atoms with Crippen LogP contribution < -0.4 is 5.32 Å². The molecule has 0 unspecified atom stereocenters. The number of carbonyl (C=O) groups is 2. The van der Waals surface area contributed by atoms with Crippen molar-refractivity contribution in [1.29, 1.82) is 0 Å². The number of benzene rings is 1. The van der Waals surface area contributed by atoms with Gasteiger partial charge in [-0.25, -0.2) is 4.79 Å². The first-order valence-corrected chi connectivity index (χ1v) is 9.36. The summed E-state index contributed by atoms with van der Waals surface area (Å²) in [5, 5.41) is 11.9. The number of nitrogens with one attached hydrogen (secondary N) is 1. The van der Waals surface area contributed by atoms with Crippen molar-refractivity contribution in [3.8, 4) is 0 Å². The minimum Gasteiger partial charge on any atom is -0.480 e. The lowest BCUT2D eigenvalue weighted by molar-refractivity contribution is -0.142. The smallest absolute Gasteiger partial charge is 0.326 e. The zero-order valence-electron chi connectivity index (χ0n) is 13.1. The third-order valence-corrected chi connectivity index (χ3v) is 5.59. The van der Waals surface area contributed by atoms with Gasteiger partial charge in [0.2, 0.25) is 5.91 Å². The topological polar surface area (TPSA) is 83.5 Å². The number of hydrogen-bond acceptors (Lipinski definition) is 3. The fraction of sp³-hybridized carbons (Fsp3) is 0.529. The van der Waals surface area contributed by atoms with Crippen molar-refractivity contribution in [2.24, 2.45) is 5.92 Å². The van der Waals surface area contributed by atoms with E-state index < -0.39 is 22.8 Å². The van der Waals surface area contributed by atoms with E-state index in [1.807, 2.05) is 6.07 Å². The van der Waals surface area contributed by atoms with Crippen LogP contribution in [0.2, 0.25) is 0 Å². The van der Waals surface area contributed by atoms with Gasteiger partial charge in [0.1, 0.15) is 6.04 Å². The number of carbonyl (C=O) groups excluding carboxylic acids is 1. The minimum atomic E-state index is -1.25. The van der Waals surface area contributed by atoms with Crippen LogP contribution in [0.5, 0.6) is 0 Å². The van der Waals surface area contributed by atoms with Crippen LogP contribution in [0.3, 0.4) is 0 Å². The van der Waals surface area contributed by atoms with Gasteiger partial charge in [-0.1, -0.05) is 37.5 Å². The Kier molecular flexibility index (Phi) is 6.77. The second kappa shape index (κ2) is 8.82. The Morgan fingerprint density at radius 2 is 1.83 bits per heavy atom. The highest BCUT2D eigenvalue weighted by Crippen LogP contribution is 2.23. The maximum absolute atomic E-state index is 12.2. The molecule has 0 saturated heterocycles. The van der Waals surface area contributed by atoms with Gasteiger partial charge in [-0.2, -0.15) is 0 Å². The Bertz CT molecular complexity index is 555. The third kappa shape index (κ3) is 5.46. The molecule has 0 radical (unpaired) electrons. The van der Waals surface area contributed by atoms with E-state index in [4.69, 9.17) is 0 Å². The van der Waals surface area contributed by atoms with Crippen LogP contribution in [0, 0.1) is 5.92 Å². The Labute approximate surface area is 138 Å². The number of amides is 1. The minimum absolute atomic E-state index is 0.0785. The number of rotatable bonds is 7. The van der Waals surface area contributed by atoms with Gasteiger partial charge in [0, 0.05) is 16.6 Å². The predicted molar refractivity (Wildman–Crippen MR) is 88.5 cm³/mol. The van der Waals surface area contributed by atoms with Crippen LogP contribution in [0.25, 0.3) is 0 Å². The van der Waals surface area contributed by atoms with E-state index in [2.05, 4.69) is 5.32 Å². The number of aliphatic carboxylic acids is 1. The Morgan fingerprint density at radius 1 is 1.17 bits per heavy atom. The first-order valence-electron chi connectivity index (χ1n) is 8.04. The van der Waals surface area contributed by atoms with Gasteiger partial charge >= 0.3 is 5.97 Å². The lowest BCUT2D eigenvalue weighted by Gasteiger charge is -2.23. The van der Waals surface area contributed by atoms with Crippen molar-refractivity contribution in [3.05, 3.63) is 30.3 Å². The molecule has 6 heteroatoms. The quantitative estimate of drug-likeness (QED) is 0.800. The SMILES string of the molecule is O=C(N[C@H](CC[S@](=O)c1ccccc1)C(=O)O)C1CCCCC1. The second-order valence-electron chi connectivity index (χ2n) is 5.89. The Morgan fingerprint density at radius 3 is 2.43 bits per heavy atom. The van der Waals surface area contributed by atoms with Crippen molar-refractivity contribution in [1.82, 2.24) is 5.32 Å². The van der Waals surface area contributed by atoms with E-state index in [0.717, 1.165) is 32.1 Å². The van der Waals surface area contributed by atoms with Crippen LogP contribution in [-0.2, 0) is 20.4 Å². The van der Waals surface area contributed by atoms with Crippen molar-refractivity contribution in [2.45, 2.75) is 49.5 Å². The monoisotopic (exact) mass is 337 g/mol. The highest BCUT2D eigenvalue weighted by molar-refractivity contribution is 7.85. The summed E-state index contributed by atoms with van der Waals surface area (Å²) in [4.78, 5) is 24.2. The summed E-state index contributed by atoms with van der Waals surface area (Å²) in [6.07, 6.45) is 5.00. The molecule has 1 saturated carbocycles. The van der Waals surface area contributed by atoms with Crippen LogP contribution in [0.15, 0.2) is 35.2 Å². The van der Waals surface area contributed by atoms with Crippen LogP contribution in [-0.4, -0.2) is 33.0 Å². The molecule has 0 heterocycles. The molecule has 1 aliphatic rings. The molecule has 1 aliphatic carbocycles. The van der Waals surface area contributed by atoms with Gasteiger partial charge in [-0.15, -0.1) is 0 Å². The number of carboxylic acid groups (broad SMARTS) is 1. The van der Waals surface area contributed by atoms with Crippen molar-refractivity contribution < 1.29 is 18.9 Å². The lowest BCUT2D eigenvalue weighted by atomic mass is 9.88. The van der Waals surface area contributed by atoms with Gasteiger partial charge in [0.25, 0.3) is 0 Å². The summed E-state index contributed by atoms with van der Waals surface area (Å²) in [6, 6.07) is 7.97. The van der Waals surface area contributed by atoms with E-state index >= 15 is 0 Å². The predicted octanol–water partition coefficient (Wildman–Crippen LogP) is 2.33. The fourth-order valence-electron chi connectivity index (χ4n) is 2.83. The molecule has 0 aliphatic heterocycles. The molecule has 23 heavy (non-hydrogen) atoms. The van der Waals surface area contributed by atoms with E-state index in [-0.39, 0.29) is 24.0 Å². The van der Waals surface area contributed by atoms with Gasteiger partial charge in [-0.3, -0.25) is 9.00 Å². The molecule has 1 fully saturated rings. The standard InChI is InChI=1S/C17H23NO4S/c19-16(13-7-3-1-4-8-13)18-15(17(20)21)11-12-23(22)14-9-5-2-6-10-14/h2,5-6,9-10,13,15H,1,3-4,7-8,11-12H2,(H,18,19)(H,20,21)/t15-,23+/m1/s1. The van der Waals surface area contributed by atoms with E-state index in [1.165, 1.54) is 0 Å². The summed E-state index contributed by atoms with van der Waals surface area (Å²) in [5.41, 5.74) is 0. The first-order chi connectivity index (χ1) is 11.1. The van der Waals surface area contributed by atoms with Gasteiger partial charge < -0.3 is 10.4 Å². The molecular weight excluding hydrogens is 314 g/mol. The molecule has 1 aromatic carbocycles. The average molecular weight is 337 g/mol. The number of carboxylic acids is 1. The molecule has 0 aromatic heterocycles. The lowest BCUT2D eigenvalue weighted by Crippen LogP contribution is -2.44. The fourth-order valence-corrected chi connectivity index (χ4v) is 3.97. The summed E-state index contributed by atoms with van der Waals surface area (Å²) in [5.74, 6) is -1.11. The van der Waals surface area contributed by atoms with Gasteiger partial charge in [-0.05, 0) is 31.4 Å². The molecule has 126 valence electrons. The van der Waals surface area contributed by atoms with Crippen LogP contribution >= 0.6 is 0 Å². The second-order valence-corrected chi connectivity index (χ2v) is 7.46. The third-order valence-electron chi connectivity index (χ3n) is 4.19. The number of hydrogen-bond donors (Lipinski definition) is 2. The summed E-state index contributed by atoms with van der Waals surface area (Å²) in [6.45, 7) is 0. The Hall–Kier alpha value is -1.69. The first kappa shape index (κ1) is 17.7. The van der Waals surface area contributed by atoms with E-state index in [0.29, 0.717) is 4.90 Å². The largest absolute Gasteiger partial charge is 0.480 e. The maximum Gasteiger partial charge on any atom is 0.326 e. The molecule has 5 nitrogen and oxygen atoms in total. The highest BCUT2D eigenvalue weighted by atomic mass is 32.2. The molecule has 2 atom stereocenters. The summed E-state index contributed by atoms with van der Waals surface area (Å²) >= 11 is 0. The molecule has 2 N–H and O–H groups in total. The van der Waals surface area contributed by atoms with Gasteiger partial charge in [0.15, 0.2) is 0 Å². The zero-order chi connectivity index (χ0) is 16.7. The highest BCUT2D eigenvalue weighted by Gasteiger charge is 2.26. The van der Waals surface area contributed by atoms with Crippen LogP contribution in [0.4, 0.5) is 0 Å². The molecular formula is C17H23NO4S. The average Bonchev–Trinajstić information content (AvgIpc) is 2.59. The normalized spacial score (nSPS) is 18.1. The molecule has 1 aromatic rings. The van der Waals surface area contributed by atoms with Crippen molar-refractivity contribution >= 4 is 22.7 Å². The van der Waals surface area contributed by atoms with Crippen molar-refractivity contribution in [2.75, 3.05) is 5.75 Å². The Balaban J connectivity index is 1.87. The maximum atomic E-state index is 12.2. The molecule has 0 spiro atoms.